The van der Waals surface area contributed by atoms with Crippen LogP contribution < -0.4 is 5.32 Å². The number of piperidine rings is 1. The quantitative estimate of drug-likeness (QED) is 0.715. The van der Waals surface area contributed by atoms with Crippen molar-refractivity contribution in [2.24, 2.45) is 7.05 Å². The number of nitrogens with zero attached hydrogens (tertiary/aromatic N) is 4. The van der Waals surface area contributed by atoms with E-state index in [4.69, 9.17) is 9.90 Å². The van der Waals surface area contributed by atoms with Crippen LogP contribution in [0.2, 0.25) is 0 Å². The summed E-state index contributed by atoms with van der Waals surface area (Å²) in [6.07, 6.45) is 4.03. The largest absolute Gasteiger partial charge is 0.490 e. The number of nitrogens with one attached hydrogen (secondary N) is 1. The SMILES string of the molecule is Cn1cc(C2CC(=O)NC23CCN(C(=O)c2ccncc2)CC3)cn1.O=C(O)C(F)(F)F. The molecule has 0 saturated carbocycles. The van der Waals surface area contributed by atoms with Gasteiger partial charge in [-0.1, -0.05) is 0 Å². The van der Waals surface area contributed by atoms with Crippen LogP contribution in [0, 0.1) is 0 Å². The van der Waals surface area contributed by atoms with Crippen LogP contribution in [-0.2, 0) is 16.6 Å². The molecule has 2 aromatic rings. The number of carbonyl (C=O) groups excluding carboxylic acids is 2. The van der Waals surface area contributed by atoms with Crippen LogP contribution in [0.5, 0.6) is 0 Å². The minimum absolute atomic E-state index is 0.0273. The van der Waals surface area contributed by atoms with Crippen LogP contribution >= 0.6 is 0 Å². The van der Waals surface area contributed by atoms with Crippen LogP contribution in [-0.4, -0.2) is 67.4 Å². The van der Waals surface area contributed by atoms with Crippen molar-refractivity contribution in [3.8, 4) is 0 Å². The molecule has 1 spiro atoms. The lowest BCUT2D eigenvalue weighted by Gasteiger charge is -2.42. The fourth-order valence-corrected chi connectivity index (χ4v) is 4.11. The molecule has 0 aliphatic carbocycles. The van der Waals surface area contributed by atoms with Gasteiger partial charge in [0.25, 0.3) is 5.91 Å². The molecule has 2 fully saturated rings. The van der Waals surface area contributed by atoms with Crippen molar-refractivity contribution in [1.82, 2.24) is 25.0 Å². The van der Waals surface area contributed by atoms with Gasteiger partial charge in [0.15, 0.2) is 0 Å². The number of hydrogen-bond acceptors (Lipinski definition) is 5. The molecule has 4 rings (SSSR count). The van der Waals surface area contributed by atoms with E-state index in [2.05, 4.69) is 15.4 Å². The van der Waals surface area contributed by atoms with E-state index in [1.54, 1.807) is 29.2 Å². The van der Waals surface area contributed by atoms with Gasteiger partial charge in [-0.15, -0.1) is 0 Å². The molecule has 172 valence electrons. The molecule has 4 heterocycles. The van der Waals surface area contributed by atoms with E-state index >= 15 is 0 Å². The first kappa shape index (κ1) is 23.2. The molecule has 0 radical (unpaired) electrons. The minimum Gasteiger partial charge on any atom is -0.475 e. The number of aromatic nitrogens is 3. The number of likely N-dealkylation sites (tertiary alicyclic amines) is 1. The zero-order valence-corrected chi connectivity index (χ0v) is 17.2. The molecule has 2 aliphatic rings. The lowest BCUT2D eigenvalue weighted by Crippen LogP contribution is -2.54. The van der Waals surface area contributed by atoms with E-state index in [0.717, 1.165) is 18.4 Å². The summed E-state index contributed by atoms with van der Waals surface area (Å²) in [5.74, 6) is -2.53. The van der Waals surface area contributed by atoms with Crippen molar-refractivity contribution < 1.29 is 32.7 Å². The van der Waals surface area contributed by atoms with Crippen LogP contribution in [0.1, 0.15) is 41.1 Å². The average molecular weight is 453 g/mol. The molecule has 1 atom stereocenters. The Morgan fingerprint density at radius 1 is 1.22 bits per heavy atom. The molecule has 2 amide bonds. The second-order valence-corrected chi connectivity index (χ2v) is 7.74. The second kappa shape index (κ2) is 8.97. The highest BCUT2D eigenvalue weighted by Crippen LogP contribution is 2.43. The first-order chi connectivity index (χ1) is 15.0. The summed E-state index contributed by atoms with van der Waals surface area (Å²) in [6.45, 7) is 1.27. The number of alkyl halides is 3. The molecule has 1 unspecified atom stereocenters. The van der Waals surface area contributed by atoms with E-state index in [9.17, 15) is 22.8 Å². The number of rotatable bonds is 2. The topological polar surface area (TPSA) is 117 Å². The number of amides is 2. The Bertz CT molecular complexity index is 985. The minimum atomic E-state index is -5.08. The zero-order chi connectivity index (χ0) is 23.5. The Labute approximate surface area is 181 Å². The molecule has 0 aromatic carbocycles. The highest BCUT2D eigenvalue weighted by Gasteiger charge is 2.49. The van der Waals surface area contributed by atoms with Gasteiger partial charge in [0, 0.05) is 56.6 Å². The van der Waals surface area contributed by atoms with Gasteiger partial charge in [-0.05, 0) is 30.5 Å². The molecule has 32 heavy (non-hydrogen) atoms. The Morgan fingerprint density at radius 2 is 1.81 bits per heavy atom. The number of carboxylic acids is 1. The van der Waals surface area contributed by atoms with Gasteiger partial charge in [-0.2, -0.15) is 18.3 Å². The third-order valence-corrected chi connectivity index (χ3v) is 5.68. The van der Waals surface area contributed by atoms with Gasteiger partial charge in [-0.3, -0.25) is 19.3 Å². The molecule has 9 nitrogen and oxygen atoms in total. The van der Waals surface area contributed by atoms with E-state index in [1.165, 1.54) is 0 Å². The molecule has 2 aromatic heterocycles. The lowest BCUT2D eigenvalue weighted by atomic mass is 9.75. The van der Waals surface area contributed by atoms with Crippen molar-refractivity contribution in [2.45, 2.75) is 36.9 Å². The van der Waals surface area contributed by atoms with Crippen molar-refractivity contribution in [3.05, 3.63) is 48.0 Å². The maximum atomic E-state index is 12.6. The molecular formula is C20H22F3N5O4. The standard InChI is InChI=1S/C18H21N5O2.C2HF3O2/c1-22-12-14(11-20-22)15-10-16(24)21-18(15)4-8-23(9-5-18)17(25)13-2-6-19-7-3-13;3-2(4,5)1(6)7/h2-3,6-7,11-12,15H,4-5,8-10H2,1H3,(H,21,24);(H,6,7). The maximum Gasteiger partial charge on any atom is 0.490 e. The number of carbonyl (C=O) groups is 3. The summed E-state index contributed by atoms with van der Waals surface area (Å²) in [5, 5.41) is 14.6. The summed E-state index contributed by atoms with van der Waals surface area (Å²) >= 11 is 0. The summed E-state index contributed by atoms with van der Waals surface area (Å²) < 4.78 is 33.5. The zero-order valence-electron chi connectivity index (χ0n) is 17.2. The smallest absolute Gasteiger partial charge is 0.475 e. The molecule has 2 N–H and O–H groups in total. The molecule has 0 bridgehead atoms. The molecule has 12 heteroatoms. The Morgan fingerprint density at radius 3 is 2.31 bits per heavy atom. The third-order valence-electron chi connectivity index (χ3n) is 5.68. The van der Waals surface area contributed by atoms with Crippen molar-refractivity contribution in [2.75, 3.05) is 13.1 Å². The van der Waals surface area contributed by atoms with E-state index in [1.807, 2.05) is 24.3 Å². The van der Waals surface area contributed by atoms with Crippen molar-refractivity contribution in [3.63, 3.8) is 0 Å². The maximum absolute atomic E-state index is 12.6. The first-order valence-electron chi connectivity index (χ1n) is 9.81. The van der Waals surface area contributed by atoms with Crippen molar-refractivity contribution in [1.29, 1.82) is 0 Å². The Kier molecular flexibility index (Phi) is 6.51. The number of halogens is 3. The molecular weight excluding hydrogens is 431 g/mol. The summed E-state index contributed by atoms with van der Waals surface area (Å²) in [6, 6.07) is 3.48. The number of pyridine rings is 1. The highest BCUT2D eigenvalue weighted by molar-refractivity contribution is 5.94. The van der Waals surface area contributed by atoms with Crippen LogP contribution in [0.15, 0.2) is 36.9 Å². The van der Waals surface area contributed by atoms with Gasteiger partial charge in [0.1, 0.15) is 0 Å². The number of aliphatic carboxylic acids is 1. The molecule has 2 saturated heterocycles. The van der Waals surface area contributed by atoms with Crippen molar-refractivity contribution >= 4 is 17.8 Å². The summed E-state index contributed by atoms with van der Waals surface area (Å²) in [5.41, 5.74) is 1.48. The summed E-state index contributed by atoms with van der Waals surface area (Å²) in [7, 11) is 1.89. The number of hydrogen-bond donors (Lipinski definition) is 2. The van der Waals surface area contributed by atoms with Gasteiger partial charge in [-0.25, -0.2) is 4.79 Å². The van der Waals surface area contributed by atoms with Gasteiger partial charge in [0.2, 0.25) is 5.91 Å². The van der Waals surface area contributed by atoms with E-state index < -0.39 is 12.1 Å². The predicted octanol–water partition coefficient (Wildman–Crippen LogP) is 1.73. The second-order valence-electron chi connectivity index (χ2n) is 7.74. The van der Waals surface area contributed by atoms with Crippen LogP contribution in [0.4, 0.5) is 13.2 Å². The van der Waals surface area contributed by atoms with E-state index in [-0.39, 0.29) is 23.3 Å². The fourth-order valence-electron chi connectivity index (χ4n) is 4.11. The summed E-state index contributed by atoms with van der Waals surface area (Å²) in [4.78, 5) is 39.5. The van der Waals surface area contributed by atoms with Crippen LogP contribution in [0.3, 0.4) is 0 Å². The Balaban J connectivity index is 0.000000360. The number of aryl methyl sites for hydroxylation is 1. The fraction of sp³-hybridized carbons (Fsp3) is 0.450. The highest BCUT2D eigenvalue weighted by atomic mass is 19.4. The first-order valence-corrected chi connectivity index (χ1v) is 9.81. The van der Waals surface area contributed by atoms with E-state index in [0.29, 0.717) is 25.1 Å². The lowest BCUT2D eigenvalue weighted by molar-refractivity contribution is -0.192. The average Bonchev–Trinajstić information content (AvgIpc) is 3.31. The normalized spacial score (nSPS) is 19.8. The number of carboxylic acid groups (broad SMARTS) is 1. The third kappa shape index (κ3) is 5.06. The molecule has 2 aliphatic heterocycles. The van der Waals surface area contributed by atoms with Gasteiger partial charge >= 0.3 is 12.1 Å². The van der Waals surface area contributed by atoms with Crippen LogP contribution in [0.25, 0.3) is 0 Å². The Hall–Kier alpha value is -3.44. The predicted molar refractivity (Wildman–Crippen MR) is 105 cm³/mol. The monoisotopic (exact) mass is 453 g/mol. The van der Waals surface area contributed by atoms with Gasteiger partial charge < -0.3 is 15.3 Å². The van der Waals surface area contributed by atoms with Gasteiger partial charge in [0.05, 0.1) is 11.7 Å².